The van der Waals surface area contributed by atoms with Crippen LogP contribution in [0.5, 0.6) is 0 Å². The minimum atomic E-state index is -0.991. The molecule has 7 heteroatoms. The van der Waals surface area contributed by atoms with Gasteiger partial charge in [0.05, 0.1) is 11.3 Å². The van der Waals surface area contributed by atoms with Crippen molar-refractivity contribution in [3.63, 3.8) is 0 Å². The lowest BCUT2D eigenvalue weighted by Crippen LogP contribution is -2.39. The van der Waals surface area contributed by atoms with Gasteiger partial charge in [0.2, 0.25) is 0 Å². The zero-order valence-corrected chi connectivity index (χ0v) is 12.0. The molecule has 0 aromatic heterocycles. The fourth-order valence-corrected chi connectivity index (χ4v) is 1.88. The van der Waals surface area contributed by atoms with Gasteiger partial charge in [-0.15, -0.1) is 0 Å². The maximum atomic E-state index is 12.4. The number of carboxylic acid groups (broad SMARTS) is 1. The summed E-state index contributed by atoms with van der Waals surface area (Å²) < 4.78 is 0. The minimum absolute atomic E-state index is 0.0753. The molecule has 1 amide bonds. The van der Waals surface area contributed by atoms with Crippen LogP contribution in [0.4, 0.5) is 5.69 Å². The standard InChI is InChI=1S/C14H18N2O5/c1-3-10(2)15(8-7-13(17)18)14(19)11-5-4-6-12(9-11)16(20)21/h4-6,9-10H,3,7-8H2,1-2H3,(H,17,18). The number of carbonyl (C=O) groups is 2. The van der Waals surface area contributed by atoms with Gasteiger partial charge in [0.25, 0.3) is 11.6 Å². The number of nitrogens with zero attached hydrogens (tertiary/aromatic N) is 2. The summed E-state index contributed by atoms with van der Waals surface area (Å²) in [7, 11) is 0. The number of amides is 1. The third kappa shape index (κ3) is 4.55. The fourth-order valence-electron chi connectivity index (χ4n) is 1.88. The molecule has 1 atom stereocenters. The molecule has 7 nitrogen and oxygen atoms in total. The predicted molar refractivity (Wildman–Crippen MR) is 76.1 cm³/mol. The largest absolute Gasteiger partial charge is 0.481 e. The number of hydrogen-bond acceptors (Lipinski definition) is 4. The van der Waals surface area contributed by atoms with E-state index < -0.39 is 16.8 Å². The Labute approximate surface area is 122 Å². The lowest BCUT2D eigenvalue weighted by atomic mass is 10.1. The Morgan fingerprint density at radius 2 is 2.10 bits per heavy atom. The van der Waals surface area contributed by atoms with Crippen LogP contribution in [0.3, 0.4) is 0 Å². The van der Waals surface area contributed by atoms with Crippen molar-refractivity contribution in [3.8, 4) is 0 Å². The first-order valence-electron chi connectivity index (χ1n) is 6.64. The summed E-state index contributed by atoms with van der Waals surface area (Å²) in [6.45, 7) is 3.78. The SMILES string of the molecule is CCC(C)N(CCC(=O)O)C(=O)c1cccc([N+](=O)[O-])c1. The second kappa shape index (κ2) is 7.37. The summed E-state index contributed by atoms with van der Waals surface area (Å²) in [5.74, 6) is -1.38. The molecular weight excluding hydrogens is 276 g/mol. The molecule has 0 aliphatic heterocycles. The van der Waals surface area contributed by atoms with E-state index in [4.69, 9.17) is 5.11 Å². The zero-order valence-electron chi connectivity index (χ0n) is 12.0. The zero-order chi connectivity index (χ0) is 16.0. The number of nitro groups is 1. The number of carbonyl (C=O) groups excluding carboxylic acids is 1. The van der Waals surface area contributed by atoms with Crippen LogP contribution in [0.1, 0.15) is 37.0 Å². The summed E-state index contributed by atoms with van der Waals surface area (Å²) in [4.78, 5) is 34.8. The van der Waals surface area contributed by atoms with Crippen LogP contribution in [0.15, 0.2) is 24.3 Å². The molecule has 1 aromatic carbocycles. The van der Waals surface area contributed by atoms with Gasteiger partial charge in [-0.3, -0.25) is 19.7 Å². The second-order valence-electron chi connectivity index (χ2n) is 4.71. The van der Waals surface area contributed by atoms with Gasteiger partial charge in [0.1, 0.15) is 0 Å². The Morgan fingerprint density at radius 3 is 2.62 bits per heavy atom. The van der Waals surface area contributed by atoms with Crippen molar-refractivity contribution in [2.24, 2.45) is 0 Å². The molecular formula is C14H18N2O5. The minimum Gasteiger partial charge on any atom is -0.481 e. The molecule has 0 spiro atoms. The van der Waals surface area contributed by atoms with Crippen molar-refractivity contribution in [1.82, 2.24) is 4.90 Å². The molecule has 1 unspecified atom stereocenters. The fraction of sp³-hybridized carbons (Fsp3) is 0.429. The first-order valence-corrected chi connectivity index (χ1v) is 6.64. The molecule has 1 rings (SSSR count). The smallest absolute Gasteiger partial charge is 0.305 e. The highest BCUT2D eigenvalue weighted by Crippen LogP contribution is 2.17. The number of benzene rings is 1. The molecule has 0 aliphatic carbocycles. The lowest BCUT2D eigenvalue weighted by molar-refractivity contribution is -0.384. The van der Waals surface area contributed by atoms with E-state index >= 15 is 0 Å². The van der Waals surface area contributed by atoms with Crippen LogP contribution in [0, 0.1) is 10.1 Å². The van der Waals surface area contributed by atoms with Crippen molar-refractivity contribution < 1.29 is 19.6 Å². The average Bonchev–Trinajstić information content (AvgIpc) is 2.46. The van der Waals surface area contributed by atoms with E-state index in [0.29, 0.717) is 6.42 Å². The van der Waals surface area contributed by atoms with Gasteiger partial charge >= 0.3 is 5.97 Å². The van der Waals surface area contributed by atoms with E-state index in [0.717, 1.165) is 0 Å². The lowest BCUT2D eigenvalue weighted by Gasteiger charge is -2.28. The molecule has 0 bridgehead atoms. The highest BCUT2D eigenvalue weighted by molar-refractivity contribution is 5.95. The Balaban J connectivity index is 3.01. The Hall–Kier alpha value is -2.44. The predicted octanol–water partition coefficient (Wildman–Crippen LogP) is 2.31. The average molecular weight is 294 g/mol. The van der Waals surface area contributed by atoms with Gasteiger partial charge in [-0.05, 0) is 19.4 Å². The van der Waals surface area contributed by atoms with Gasteiger partial charge in [-0.25, -0.2) is 0 Å². The molecule has 114 valence electrons. The molecule has 0 saturated carbocycles. The van der Waals surface area contributed by atoms with E-state index in [1.807, 2.05) is 13.8 Å². The molecule has 0 radical (unpaired) electrons. The van der Waals surface area contributed by atoms with Gasteiger partial charge in [-0.2, -0.15) is 0 Å². The molecule has 1 aromatic rings. The molecule has 0 aliphatic rings. The van der Waals surface area contributed by atoms with Gasteiger partial charge in [0.15, 0.2) is 0 Å². The highest BCUT2D eigenvalue weighted by atomic mass is 16.6. The summed E-state index contributed by atoms with van der Waals surface area (Å²) in [5, 5.41) is 19.5. The summed E-state index contributed by atoms with van der Waals surface area (Å²) in [5.41, 5.74) is 0.0260. The number of rotatable bonds is 7. The summed E-state index contributed by atoms with van der Waals surface area (Å²) in [6, 6.07) is 5.30. The van der Waals surface area contributed by atoms with E-state index in [1.54, 1.807) is 0 Å². The van der Waals surface area contributed by atoms with Crippen LogP contribution < -0.4 is 0 Å². The Kier molecular flexibility index (Phi) is 5.83. The second-order valence-corrected chi connectivity index (χ2v) is 4.71. The van der Waals surface area contributed by atoms with Crippen LogP contribution in [-0.4, -0.2) is 39.4 Å². The van der Waals surface area contributed by atoms with Crippen LogP contribution in [0.25, 0.3) is 0 Å². The van der Waals surface area contributed by atoms with Crippen molar-refractivity contribution in [2.45, 2.75) is 32.7 Å². The van der Waals surface area contributed by atoms with E-state index in [9.17, 15) is 19.7 Å². The van der Waals surface area contributed by atoms with Crippen molar-refractivity contribution in [1.29, 1.82) is 0 Å². The number of hydrogen-bond donors (Lipinski definition) is 1. The van der Waals surface area contributed by atoms with Crippen molar-refractivity contribution in [2.75, 3.05) is 6.54 Å². The molecule has 1 N–H and O–H groups in total. The third-order valence-corrected chi connectivity index (χ3v) is 3.25. The van der Waals surface area contributed by atoms with E-state index in [2.05, 4.69) is 0 Å². The molecule has 0 heterocycles. The van der Waals surface area contributed by atoms with Crippen LogP contribution in [0.2, 0.25) is 0 Å². The third-order valence-electron chi connectivity index (χ3n) is 3.25. The van der Waals surface area contributed by atoms with Gasteiger partial charge in [-0.1, -0.05) is 13.0 Å². The number of aliphatic carboxylic acids is 1. The molecule has 0 fully saturated rings. The van der Waals surface area contributed by atoms with Gasteiger partial charge in [0, 0.05) is 30.3 Å². The first-order chi connectivity index (χ1) is 9.86. The van der Waals surface area contributed by atoms with E-state index in [-0.39, 0.29) is 30.3 Å². The highest BCUT2D eigenvalue weighted by Gasteiger charge is 2.22. The monoisotopic (exact) mass is 294 g/mol. The Bertz CT molecular complexity index is 544. The molecule has 21 heavy (non-hydrogen) atoms. The first kappa shape index (κ1) is 16.6. The Morgan fingerprint density at radius 1 is 1.43 bits per heavy atom. The van der Waals surface area contributed by atoms with Crippen molar-refractivity contribution in [3.05, 3.63) is 39.9 Å². The number of non-ortho nitro benzene ring substituents is 1. The topological polar surface area (TPSA) is 101 Å². The van der Waals surface area contributed by atoms with E-state index in [1.165, 1.54) is 29.2 Å². The summed E-state index contributed by atoms with van der Waals surface area (Å²) >= 11 is 0. The maximum absolute atomic E-state index is 12.4. The van der Waals surface area contributed by atoms with Crippen LogP contribution >= 0.6 is 0 Å². The quantitative estimate of drug-likeness (QED) is 0.614. The normalized spacial score (nSPS) is 11.7. The maximum Gasteiger partial charge on any atom is 0.305 e. The van der Waals surface area contributed by atoms with Crippen LogP contribution in [-0.2, 0) is 4.79 Å². The summed E-state index contributed by atoms with van der Waals surface area (Å²) in [6.07, 6.45) is 0.505. The van der Waals surface area contributed by atoms with Crippen molar-refractivity contribution >= 4 is 17.6 Å². The molecule has 0 saturated heterocycles. The number of carboxylic acids is 1. The number of nitro benzene ring substituents is 1. The van der Waals surface area contributed by atoms with Gasteiger partial charge < -0.3 is 10.0 Å².